The summed E-state index contributed by atoms with van der Waals surface area (Å²) in [6.07, 6.45) is -1.19. The minimum Gasteiger partial charge on any atom is -0.481 e. The number of carbonyl (C=O) groups excluding carboxylic acids is 1. The van der Waals surface area contributed by atoms with E-state index in [1.807, 2.05) is 6.26 Å². The summed E-state index contributed by atoms with van der Waals surface area (Å²) in [6.45, 7) is 3.32. The number of hydrogen-bond donors (Lipinski definition) is 0. The number of halogens is 4. The number of aryl methyl sites for hydroxylation is 1. The van der Waals surface area contributed by atoms with Crippen LogP contribution in [0, 0.1) is 6.92 Å². The standard InChI is InChI=1S/C24H22ClF3N4O3S/c1-12-5-14(7-15(6-12)24(26,27)28)20-13(2)32(23(33)35-20)11-19-18(10-30-22(31-19)36-4)17-8-16(25)9-29-21(17)34-3/h5-10,13,20H,11H2,1-4H3/t13-,20-/m0/s1. The maximum atomic E-state index is 13.4. The van der Waals surface area contributed by atoms with Gasteiger partial charge in [-0.15, -0.1) is 0 Å². The number of pyridine rings is 1. The van der Waals surface area contributed by atoms with E-state index in [2.05, 4.69) is 15.0 Å². The van der Waals surface area contributed by atoms with Crippen molar-refractivity contribution in [1.29, 1.82) is 0 Å². The van der Waals surface area contributed by atoms with Gasteiger partial charge in [-0.05, 0) is 43.9 Å². The molecule has 0 N–H and O–H groups in total. The summed E-state index contributed by atoms with van der Waals surface area (Å²) in [5.41, 5.74) is 1.49. The van der Waals surface area contributed by atoms with Gasteiger partial charge in [-0.2, -0.15) is 13.2 Å². The fourth-order valence-electron chi connectivity index (χ4n) is 4.09. The number of nitrogens with zero attached hydrogens (tertiary/aromatic N) is 4. The van der Waals surface area contributed by atoms with Gasteiger partial charge in [0.15, 0.2) is 5.16 Å². The lowest BCUT2D eigenvalue weighted by Gasteiger charge is -2.23. The Morgan fingerprint density at radius 3 is 2.58 bits per heavy atom. The zero-order valence-corrected chi connectivity index (χ0v) is 21.3. The molecule has 3 aromatic rings. The minimum atomic E-state index is -4.51. The lowest BCUT2D eigenvalue weighted by atomic mass is 9.98. The number of carbonyl (C=O) groups is 1. The number of amides is 1. The maximum absolute atomic E-state index is 13.4. The van der Waals surface area contributed by atoms with Gasteiger partial charge in [0, 0.05) is 23.5 Å². The molecule has 1 saturated heterocycles. The van der Waals surface area contributed by atoms with Crippen molar-refractivity contribution >= 4 is 29.5 Å². The summed E-state index contributed by atoms with van der Waals surface area (Å²) in [5.74, 6) is 0.301. The Hall–Kier alpha value is -3.05. The SMILES string of the molecule is COc1ncc(Cl)cc1-c1cnc(SC)nc1CN1C(=O)O[C@H](c2cc(C)cc(C(F)(F)F)c2)[C@@H]1C. The molecule has 12 heteroatoms. The first-order valence-corrected chi connectivity index (χ1v) is 12.4. The molecule has 0 spiro atoms. The van der Waals surface area contributed by atoms with Gasteiger partial charge < -0.3 is 9.47 Å². The van der Waals surface area contributed by atoms with Crippen LogP contribution >= 0.6 is 23.4 Å². The van der Waals surface area contributed by atoms with Crippen molar-refractivity contribution in [3.8, 4) is 17.0 Å². The van der Waals surface area contributed by atoms with Crippen LogP contribution in [0.5, 0.6) is 5.88 Å². The van der Waals surface area contributed by atoms with Crippen LogP contribution in [0.3, 0.4) is 0 Å². The fraction of sp³-hybridized carbons (Fsp3) is 0.333. The van der Waals surface area contributed by atoms with Crippen LogP contribution in [0.15, 0.2) is 41.8 Å². The van der Waals surface area contributed by atoms with E-state index in [1.165, 1.54) is 30.0 Å². The Bertz CT molecular complexity index is 1310. The number of thioether (sulfide) groups is 1. The Kier molecular flexibility index (Phi) is 7.33. The van der Waals surface area contributed by atoms with Crippen LogP contribution in [0.4, 0.5) is 18.0 Å². The van der Waals surface area contributed by atoms with E-state index in [0.29, 0.717) is 38.4 Å². The molecule has 1 amide bonds. The number of hydrogen-bond acceptors (Lipinski definition) is 7. The third-order valence-electron chi connectivity index (χ3n) is 5.80. The summed E-state index contributed by atoms with van der Waals surface area (Å²) >= 11 is 7.49. The molecule has 0 unspecified atom stereocenters. The van der Waals surface area contributed by atoms with Gasteiger partial charge >= 0.3 is 12.3 Å². The molecule has 1 fully saturated rings. The first-order valence-electron chi connectivity index (χ1n) is 10.8. The van der Waals surface area contributed by atoms with Gasteiger partial charge in [-0.25, -0.2) is 19.7 Å². The Morgan fingerprint density at radius 1 is 1.17 bits per heavy atom. The number of rotatable bonds is 6. The molecular formula is C24H22ClF3N4O3S. The van der Waals surface area contributed by atoms with E-state index in [9.17, 15) is 18.0 Å². The predicted octanol–water partition coefficient (Wildman–Crippen LogP) is 6.33. The van der Waals surface area contributed by atoms with Gasteiger partial charge in [0.25, 0.3) is 0 Å². The van der Waals surface area contributed by atoms with Gasteiger partial charge in [0.05, 0.1) is 36.0 Å². The molecule has 0 saturated carbocycles. The number of benzene rings is 1. The van der Waals surface area contributed by atoms with E-state index in [1.54, 1.807) is 32.2 Å². The average Bonchev–Trinajstić information content (AvgIpc) is 3.11. The van der Waals surface area contributed by atoms with E-state index in [4.69, 9.17) is 21.1 Å². The first kappa shape index (κ1) is 26.0. The summed E-state index contributed by atoms with van der Waals surface area (Å²) in [4.78, 5) is 27.5. The highest BCUT2D eigenvalue weighted by molar-refractivity contribution is 7.98. The summed E-state index contributed by atoms with van der Waals surface area (Å²) in [7, 11) is 1.47. The number of ether oxygens (including phenoxy) is 2. The Labute approximate surface area is 215 Å². The molecule has 0 bridgehead atoms. The van der Waals surface area contributed by atoms with Gasteiger partial charge in [-0.3, -0.25) is 4.90 Å². The fourth-order valence-corrected chi connectivity index (χ4v) is 4.60. The van der Waals surface area contributed by atoms with E-state index >= 15 is 0 Å². The van der Waals surface area contributed by atoms with Crippen molar-refractivity contribution in [3.05, 3.63) is 64.1 Å². The summed E-state index contributed by atoms with van der Waals surface area (Å²) < 4.78 is 51.1. The number of cyclic esters (lactones) is 1. The summed E-state index contributed by atoms with van der Waals surface area (Å²) in [6, 6.07) is 4.77. The quantitative estimate of drug-likeness (QED) is 0.268. The topological polar surface area (TPSA) is 77.4 Å². The van der Waals surface area contributed by atoms with Crippen molar-refractivity contribution in [2.24, 2.45) is 0 Å². The average molecular weight is 539 g/mol. The van der Waals surface area contributed by atoms with Crippen molar-refractivity contribution in [2.75, 3.05) is 13.4 Å². The second-order valence-corrected chi connectivity index (χ2v) is 9.44. The normalized spacial score (nSPS) is 17.9. The lowest BCUT2D eigenvalue weighted by molar-refractivity contribution is -0.137. The zero-order chi connectivity index (χ0) is 26.2. The highest BCUT2D eigenvalue weighted by Gasteiger charge is 2.41. The van der Waals surface area contributed by atoms with Crippen LogP contribution in [0.25, 0.3) is 11.1 Å². The molecule has 2 atom stereocenters. The third-order valence-corrected chi connectivity index (χ3v) is 6.57. The molecule has 190 valence electrons. The largest absolute Gasteiger partial charge is 0.481 e. The molecule has 3 heterocycles. The third kappa shape index (κ3) is 5.22. The van der Waals surface area contributed by atoms with Gasteiger partial charge in [-0.1, -0.05) is 35.0 Å². The predicted molar refractivity (Wildman–Crippen MR) is 129 cm³/mol. The number of aromatic nitrogens is 3. The number of methoxy groups -OCH3 is 1. The lowest BCUT2D eigenvalue weighted by Crippen LogP contribution is -2.32. The van der Waals surface area contributed by atoms with E-state index < -0.39 is 30.0 Å². The number of alkyl halides is 3. The molecule has 1 aromatic carbocycles. The minimum absolute atomic E-state index is 0.0233. The van der Waals surface area contributed by atoms with Crippen LogP contribution in [0.2, 0.25) is 5.02 Å². The smallest absolute Gasteiger partial charge is 0.416 e. The van der Waals surface area contributed by atoms with Crippen molar-refractivity contribution < 1.29 is 27.4 Å². The van der Waals surface area contributed by atoms with Crippen LogP contribution in [0.1, 0.15) is 35.4 Å². The zero-order valence-electron chi connectivity index (χ0n) is 19.8. The second kappa shape index (κ2) is 10.1. The van der Waals surface area contributed by atoms with Crippen LogP contribution < -0.4 is 4.74 Å². The Balaban J connectivity index is 1.71. The second-order valence-electron chi connectivity index (χ2n) is 8.23. The molecular weight excluding hydrogens is 517 g/mol. The van der Waals surface area contributed by atoms with Gasteiger partial charge in [0.2, 0.25) is 5.88 Å². The monoisotopic (exact) mass is 538 g/mol. The van der Waals surface area contributed by atoms with Crippen LogP contribution in [-0.4, -0.2) is 45.4 Å². The summed E-state index contributed by atoms with van der Waals surface area (Å²) in [5, 5.41) is 0.854. The molecule has 2 aromatic heterocycles. The molecule has 1 aliphatic rings. The Morgan fingerprint density at radius 2 is 1.92 bits per heavy atom. The highest BCUT2D eigenvalue weighted by Crippen LogP contribution is 2.39. The molecule has 1 aliphatic heterocycles. The molecule has 0 radical (unpaired) electrons. The molecule has 36 heavy (non-hydrogen) atoms. The first-order chi connectivity index (χ1) is 17.0. The highest BCUT2D eigenvalue weighted by atomic mass is 35.5. The van der Waals surface area contributed by atoms with Crippen molar-refractivity contribution in [1.82, 2.24) is 19.9 Å². The molecule has 0 aliphatic carbocycles. The van der Waals surface area contributed by atoms with E-state index in [-0.39, 0.29) is 12.1 Å². The van der Waals surface area contributed by atoms with Crippen LogP contribution in [-0.2, 0) is 17.5 Å². The van der Waals surface area contributed by atoms with Crippen molar-refractivity contribution in [3.63, 3.8) is 0 Å². The molecule has 7 nitrogen and oxygen atoms in total. The van der Waals surface area contributed by atoms with E-state index in [0.717, 1.165) is 12.1 Å². The maximum Gasteiger partial charge on any atom is 0.416 e. The van der Waals surface area contributed by atoms with Crippen molar-refractivity contribution in [2.45, 2.75) is 43.9 Å². The van der Waals surface area contributed by atoms with Gasteiger partial charge in [0.1, 0.15) is 6.10 Å². The molecule has 4 rings (SSSR count).